The Morgan fingerprint density at radius 2 is 2.04 bits per heavy atom. The molecular formula is C19H27N3O5. The van der Waals surface area contributed by atoms with Gasteiger partial charge in [-0.25, -0.2) is 0 Å². The predicted octanol–water partition coefficient (Wildman–Crippen LogP) is 1.26. The lowest BCUT2D eigenvalue weighted by atomic mass is 10.1. The number of benzene rings is 1. The Kier molecular flexibility index (Phi) is 7.75. The number of para-hydroxylation sites is 2. The maximum Gasteiger partial charge on any atom is 0.320 e. The van der Waals surface area contributed by atoms with E-state index in [1.54, 1.807) is 36.0 Å². The molecule has 8 heteroatoms. The lowest BCUT2D eigenvalue weighted by Crippen LogP contribution is -2.47. The Hall–Kier alpha value is -2.45. The molecule has 1 N–H and O–H groups in total. The molecule has 148 valence electrons. The number of hydrogen-bond donors (Lipinski definition) is 1. The zero-order chi connectivity index (χ0) is 19.8. The third-order valence-corrected chi connectivity index (χ3v) is 4.26. The summed E-state index contributed by atoms with van der Waals surface area (Å²) in [6.45, 7) is 4.70. The van der Waals surface area contributed by atoms with Gasteiger partial charge in [-0.2, -0.15) is 0 Å². The van der Waals surface area contributed by atoms with Gasteiger partial charge < -0.3 is 19.7 Å². The third kappa shape index (κ3) is 5.77. The number of carbonyl (C=O) groups is 3. The molecule has 0 bridgehead atoms. The lowest BCUT2D eigenvalue weighted by Gasteiger charge is -2.30. The van der Waals surface area contributed by atoms with Crippen LogP contribution in [0.3, 0.4) is 0 Å². The highest BCUT2D eigenvalue weighted by atomic mass is 16.5. The van der Waals surface area contributed by atoms with Gasteiger partial charge in [0, 0.05) is 26.1 Å². The van der Waals surface area contributed by atoms with Gasteiger partial charge in [-0.3, -0.25) is 19.3 Å². The molecule has 8 nitrogen and oxygen atoms in total. The van der Waals surface area contributed by atoms with E-state index >= 15 is 0 Å². The number of rotatable bonds is 8. The molecule has 1 unspecified atom stereocenters. The first-order valence-electron chi connectivity index (χ1n) is 9.04. The molecule has 0 radical (unpaired) electrons. The van der Waals surface area contributed by atoms with Gasteiger partial charge in [0.15, 0.2) is 0 Å². The van der Waals surface area contributed by atoms with Crippen molar-refractivity contribution in [2.75, 3.05) is 50.2 Å². The van der Waals surface area contributed by atoms with Gasteiger partial charge in [-0.1, -0.05) is 12.1 Å². The van der Waals surface area contributed by atoms with Crippen molar-refractivity contribution < 1.29 is 23.9 Å². The fraction of sp³-hybridized carbons (Fsp3) is 0.526. The van der Waals surface area contributed by atoms with E-state index in [2.05, 4.69) is 5.32 Å². The molecule has 0 aromatic heterocycles. The van der Waals surface area contributed by atoms with Crippen LogP contribution in [0.15, 0.2) is 24.3 Å². The fourth-order valence-electron chi connectivity index (χ4n) is 3.06. The molecule has 1 aromatic rings. The van der Waals surface area contributed by atoms with E-state index in [-0.39, 0.29) is 49.9 Å². The molecule has 2 rings (SSSR count). The van der Waals surface area contributed by atoms with E-state index in [0.29, 0.717) is 24.5 Å². The number of hydrogen-bond acceptors (Lipinski definition) is 6. The number of ether oxygens (including phenoxy) is 2. The van der Waals surface area contributed by atoms with Gasteiger partial charge in [-0.05, 0) is 26.0 Å². The quantitative estimate of drug-likeness (QED) is 0.686. The number of esters is 1. The molecule has 0 aliphatic carbocycles. The van der Waals surface area contributed by atoms with Crippen LogP contribution < -0.4 is 10.2 Å². The summed E-state index contributed by atoms with van der Waals surface area (Å²) in [4.78, 5) is 40.3. The zero-order valence-corrected chi connectivity index (χ0v) is 16.1. The Balaban J connectivity index is 2.19. The lowest BCUT2D eigenvalue weighted by molar-refractivity contribution is -0.144. The average molecular weight is 377 g/mol. The van der Waals surface area contributed by atoms with Crippen molar-refractivity contribution in [3.63, 3.8) is 0 Å². The SMILES string of the molecule is CCOC(=O)CN(CCOC)CC(=O)N1c2ccccc2NC(=O)CC1C. The molecule has 1 aliphatic heterocycles. The van der Waals surface area contributed by atoms with E-state index in [1.165, 1.54) is 0 Å². The molecule has 1 aromatic carbocycles. The summed E-state index contributed by atoms with van der Waals surface area (Å²) in [5, 5.41) is 2.83. The zero-order valence-electron chi connectivity index (χ0n) is 16.1. The van der Waals surface area contributed by atoms with E-state index in [4.69, 9.17) is 9.47 Å². The van der Waals surface area contributed by atoms with Gasteiger partial charge in [-0.15, -0.1) is 0 Å². The van der Waals surface area contributed by atoms with Gasteiger partial charge in [0.05, 0.1) is 37.7 Å². The number of nitrogens with zero attached hydrogens (tertiary/aromatic N) is 2. The summed E-state index contributed by atoms with van der Waals surface area (Å²) >= 11 is 0. The highest BCUT2D eigenvalue weighted by molar-refractivity contribution is 6.05. The molecule has 0 spiro atoms. The van der Waals surface area contributed by atoms with E-state index in [9.17, 15) is 14.4 Å². The second-order valence-electron chi connectivity index (χ2n) is 6.39. The second kappa shape index (κ2) is 10.0. The Bertz CT molecular complexity index is 679. The van der Waals surface area contributed by atoms with Crippen molar-refractivity contribution in [3.05, 3.63) is 24.3 Å². The van der Waals surface area contributed by atoms with E-state index in [0.717, 1.165) is 0 Å². The summed E-state index contributed by atoms with van der Waals surface area (Å²) in [5.74, 6) is -0.706. The second-order valence-corrected chi connectivity index (χ2v) is 6.39. The van der Waals surface area contributed by atoms with Crippen LogP contribution in [0, 0.1) is 0 Å². The van der Waals surface area contributed by atoms with Crippen LogP contribution in [-0.4, -0.2) is 68.7 Å². The minimum absolute atomic E-state index is 0.00396. The standard InChI is InChI=1S/C19H27N3O5/c1-4-27-19(25)13-21(9-10-26-3)12-18(24)22-14(2)11-17(23)20-15-7-5-6-8-16(15)22/h5-8,14H,4,9-13H2,1-3H3,(H,20,23). The molecule has 1 heterocycles. The predicted molar refractivity (Wildman–Crippen MR) is 102 cm³/mol. The van der Waals surface area contributed by atoms with Crippen molar-refractivity contribution in [1.82, 2.24) is 4.90 Å². The summed E-state index contributed by atoms with van der Waals surface area (Å²) in [5.41, 5.74) is 1.26. The normalized spacial score (nSPS) is 16.5. The first kappa shape index (κ1) is 20.9. The van der Waals surface area contributed by atoms with Crippen molar-refractivity contribution in [2.45, 2.75) is 26.3 Å². The Labute approximate surface area is 159 Å². The maximum absolute atomic E-state index is 13.1. The molecule has 1 atom stereocenters. The number of amides is 2. The minimum Gasteiger partial charge on any atom is -0.465 e. The molecule has 0 saturated heterocycles. The first-order valence-corrected chi connectivity index (χ1v) is 9.04. The fourth-order valence-corrected chi connectivity index (χ4v) is 3.06. The van der Waals surface area contributed by atoms with Crippen molar-refractivity contribution in [2.24, 2.45) is 0 Å². The number of carbonyl (C=O) groups excluding carboxylic acids is 3. The highest BCUT2D eigenvalue weighted by Crippen LogP contribution is 2.31. The maximum atomic E-state index is 13.1. The summed E-state index contributed by atoms with van der Waals surface area (Å²) < 4.78 is 10.1. The smallest absolute Gasteiger partial charge is 0.320 e. The van der Waals surface area contributed by atoms with Crippen molar-refractivity contribution in [1.29, 1.82) is 0 Å². The number of methoxy groups -OCH3 is 1. The monoisotopic (exact) mass is 377 g/mol. The largest absolute Gasteiger partial charge is 0.465 e. The van der Waals surface area contributed by atoms with Crippen LogP contribution in [0.5, 0.6) is 0 Å². The number of nitrogens with one attached hydrogen (secondary N) is 1. The van der Waals surface area contributed by atoms with Crippen LogP contribution in [0.1, 0.15) is 20.3 Å². The molecular weight excluding hydrogens is 350 g/mol. The van der Waals surface area contributed by atoms with Crippen LogP contribution in [-0.2, 0) is 23.9 Å². The molecule has 2 amide bonds. The molecule has 0 fully saturated rings. The summed E-state index contributed by atoms with van der Waals surface area (Å²) in [6.07, 6.45) is 0.205. The van der Waals surface area contributed by atoms with Crippen LogP contribution >= 0.6 is 0 Å². The van der Waals surface area contributed by atoms with Crippen molar-refractivity contribution in [3.8, 4) is 0 Å². The molecule has 27 heavy (non-hydrogen) atoms. The van der Waals surface area contributed by atoms with Gasteiger partial charge >= 0.3 is 5.97 Å². The molecule has 1 aliphatic rings. The third-order valence-electron chi connectivity index (χ3n) is 4.26. The topological polar surface area (TPSA) is 88.2 Å². The van der Waals surface area contributed by atoms with Crippen LogP contribution in [0.25, 0.3) is 0 Å². The van der Waals surface area contributed by atoms with Crippen LogP contribution in [0.4, 0.5) is 11.4 Å². The van der Waals surface area contributed by atoms with Gasteiger partial charge in [0.1, 0.15) is 0 Å². The Morgan fingerprint density at radius 1 is 1.30 bits per heavy atom. The van der Waals surface area contributed by atoms with Crippen molar-refractivity contribution >= 4 is 29.2 Å². The molecule has 0 saturated carbocycles. The van der Waals surface area contributed by atoms with Crippen LogP contribution in [0.2, 0.25) is 0 Å². The van der Waals surface area contributed by atoms with Gasteiger partial charge in [0.25, 0.3) is 0 Å². The first-order chi connectivity index (χ1) is 13.0. The average Bonchev–Trinajstić information content (AvgIpc) is 2.73. The van der Waals surface area contributed by atoms with Gasteiger partial charge in [0.2, 0.25) is 11.8 Å². The minimum atomic E-state index is -0.387. The van der Waals surface area contributed by atoms with E-state index in [1.807, 2.05) is 19.1 Å². The van der Waals surface area contributed by atoms with E-state index < -0.39 is 0 Å². The number of fused-ring (bicyclic) bond motifs is 1. The Morgan fingerprint density at radius 3 is 2.74 bits per heavy atom. The summed E-state index contributed by atoms with van der Waals surface area (Å²) in [6, 6.07) is 6.91. The number of anilines is 2. The summed E-state index contributed by atoms with van der Waals surface area (Å²) in [7, 11) is 1.56. The highest BCUT2D eigenvalue weighted by Gasteiger charge is 2.30.